The smallest absolute Gasteiger partial charge is 0.353 e. The third kappa shape index (κ3) is 11.0. The molecule has 13 nitrogen and oxygen atoms in total. The average molecular weight is 984 g/mol. The van der Waals surface area contributed by atoms with E-state index in [1.54, 1.807) is 6.07 Å². The van der Waals surface area contributed by atoms with Crippen molar-refractivity contribution < 1.29 is 36.2 Å². The highest BCUT2D eigenvalue weighted by Crippen LogP contribution is 2.45. The number of nitro groups is 1. The summed E-state index contributed by atoms with van der Waals surface area (Å²) in [5.74, 6) is -0.231. The Morgan fingerprint density at radius 3 is 2.03 bits per heavy atom. The van der Waals surface area contributed by atoms with Crippen LogP contribution in [-0.2, 0) is 30.6 Å². The summed E-state index contributed by atoms with van der Waals surface area (Å²) in [5, 5.41) is 12.4. The molecule has 0 bridgehead atoms. The van der Waals surface area contributed by atoms with Gasteiger partial charge in [0.1, 0.15) is 16.9 Å². The number of methoxy groups -OCH3 is 1. The number of ether oxygens (including phenoxy) is 3. The van der Waals surface area contributed by atoms with Crippen molar-refractivity contribution in [2.45, 2.75) is 175 Å². The highest BCUT2D eigenvalue weighted by Gasteiger charge is 2.45. The van der Waals surface area contributed by atoms with E-state index in [0.717, 1.165) is 5.56 Å². The highest BCUT2D eigenvalue weighted by atomic mass is 127. The predicted octanol–water partition coefficient (Wildman–Crippen LogP) is 11.3. The summed E-state index contributed by atoms with van der Waals surface area (Å²) in [4.78, 5) is 30.4. The fourth-order valence-electron chi connectivity index (χ4n) is 7.17. The van der Waals surface area contributed by atoms with Crippen molar-refractivity contribution in [2.24, 2.45) is 5.41 Å². The Kier molecular flexibility index (Phi) is 15.6. The zero-order valence-electron chi connectivity index (χ0n) is 38.3. The molecule has 3 aromatic rings. The maximum absolute atomic E-state index is 14.7. The Hall–Kier alpha value is -2.90. The molecule has 334 valence electrons. The molecule has 2 aromatic carbocycles. The van der Waals surface area contributed by atoms with Crippen molar-refractivity contribution in [1.82, 2.24) is 9.55 Å². The Balaban J connectivity index is 1.92. The molecule has 2 heterocycles. The van der Waals surface area contributed by atoms with E-state index in [4.69, 9.17) is 22.8 Å². The molecule has 0 amide bonds. The first kappa shape index (κ1) is 49.7. The van der Waals surface area contributed by atoms with Crippen LogP contribution in [0.3, 0.4) is 0 Å². The number of hydrogen-bond donors (Lipinski definition) is 0. The van der Waals surface area contributed by atoms with Gasteiger partial charge in [-0.1, -0.05) is 102 Å². The number of benzene rings is 2. The second-order valence-corrected chi connectivity index (χ2v) is 26.7. The van der Waals surface area contributed by atoms with Crippen molar-refractivity contribution in [3.63, 3.8) is 0 Å². The average Bonchev–Trinajstić information content (AvgIpc) is 3.52. The van der Waals surface area contributed by atoms with Crippen LogP contribution in [0, 0.1) is 19.1 Å². The molecule has 0 radical (unpaired) electrons. The van der Waals surface area contributed by atoms with Gasteiger partial charge in [-0.15, -0.1) is 0 Å². The van der Waals surface area contributed by atoms with E-state index in [2.05, 4.69) is 52.7 Å². The van der Waals surface area contributed by atoms with E-state index in [-0.39, 0.29) is 63.3 Å². The van der Waals surface area contributed by atoms with Crippen LogP contribution in [-0.4, -0.2) is 50.5 Å². The molecule has 1 aromatic heterocycles. The van der Waals surface area contributed by atoms with Crippen LogP contribution in [0.15, 0.2) is 40.2 Å². The highest BCUT2D eigenvalue weighted by molar-refractivity contribution is 14.1. The van der Waals surface area contributed by atoms with Gasteiger partial charge in [-0.3, -0.25) is 14.7 Å². The molecule has 0 saturated carbocycles. The minimum Gasteiger partial charge on any atom is -0.496 e. The minimum absolute atomic E-state index is 0.0412. The lowest BCUT2D eigenvalue weighted by Crippen LogP contribution is -2.45. The third-order valence-corrected chi connectivity index (χ3v) is 18.3. The molecule has 4 rings (SSSR count). The fraction of sp³-hybridized carbons (Fsp3) is 0.636. The SMILES string of the molecule is CC[C@H]1O[C@@H](n2cc(CO[C@H](c3cc(OC)c(I)cc3[N+](=O)[O-])C(C)(C)C)c(OS(=O)(=O)c3c(C(C)C)cc(C(C)C)cc3C(C)C)nc2=O)C[C@H]1O[Si](C)(C)C(C)(C)C. The fourth-order valence-corrected chi connectivity index (χ4v) is 10.8. The van der Waals surface area contributed by atoms with Gasteiger partial charge in [0.15, 0.2) is 8.32 Å². The number of nitro benzene ring substituents is 1. The molecule has 1 aliphatic rings. The molecule has 60 heavy (non-hydrogen) atoms. The number of rotatable bonds is 16. The van der Waals surface area contributed by atoms with Crippen LogP contribution >= 0.6 is 22.6 Å². The van der Waals surface area contributed by atoms with E-state index in [1.807, 2.05) is 90.1 Å². The number of aromatic nitrogens is 2. The van der Waals surface area contributed by atoms with Crippen molar-refractivity contribution in [3.8, 4) is 11.6 Å². The van der Waals surface area contributed by atoms with Gasteiger partial charge < -0.3 is 22.8 Å². The number of nitrogens with zero attached hydrogens (tertiary/aromatic N) is 3. The molecule has 16 heteroatoms. The topological polar surface area (TPSA) is 158 Å². The first-order valence-corrected chi connectivity index (χ1v) is 26.1. The van der Waals surface area contributed by atoms with Crippen molar-refractivity contribution >= 4 is 46.7 Å². The molecule has 1 aliphatic heterocycles. The summed E-state index contributed by atoms with van der Waals surface area (Å²) >= 11 is 1.99. The summed E-state index contributed by atoms with van der Waals surface area (Å²) in [7, 11) is -5.35. The largest absolute Gasteiger partial charge is 0.496 e. The molecule has 0 N–H and O–H groups in total. The first-order chi connectivity index (χ1) is 27.5. The van der Waals surface area contributed by atoms with E-state index >= 15 is 0 Å². The summed E-state index contributed by atoms with van der Waals surface area (Å²) in [5.41, 5.74) is 0.953. The van der Waals surface area contributed by atoms with Gasteiger partial charge in [0.2, 0.25) is 5.88 Å². The number of hydrogen-bond acceptors (Lipinski definition) is 11. The van der Waals surface area contributed by atoms with Gasteiger partial charge >= 0.3 is 15.8 Å². The normalized spacial score (nSPS) is 18.4. The molecular formula is C44H66IN3O10SSi. The molecule has 0 spiro atoms. The Labute approximate surface area is 371 Å². The van der Waals surface area contributed by atoms with Crippen LogP contribution < -0.4 is 14.6 Å². The standard InChI is InChI=1S/C44H66IN3O10SSi/c1-17-35-37(58-60(15,16)44(11,12)13)22-38(56-35)47-23-29(24-55-40(43(8,9)10)32-20-36(54-14)33(45)21-34(32)48(50)51)41(46-42(47)49)57-59(52,53)39-30(26(4)5)18-28(25(2)3)19-31(39)27(6)7/h18-21,23,25-27,35,37-38,40H,17,22,24H2,1-16H3/t35-,37-,38-,40-/m1/s1. The lowest BCUT2D eigenvalue weighted by Gasteiger charge is -2.39. The van der Waals surface area contributed by atoms with Crippen molar-refractivity contribution in [3.05, 3.63) is 82.4 Å². The molecule has 1 saturated heterocycles. The molecule has 1 fully saturated rings. The second-order valence-electron chi connectivity index (χ2n) is 19.3. The van der Waals surface area contributed by atoms with Gasteiger partial charge in [-0.25, -0.2) is 4.79 Å². The van der Waals surface area contributed by atoms with Gasteiger partial charge in [0.05, 0.1) is 51.6 Å². The van der Waals surface area contributed by atoms with Gasteiger partial charge in [0.25, 0.3) is 5.69 Å². The quantitative estimate of drug-likeness (QED) is 0.0442. The first-order valence-electron chi connectivity index (χ1n) is 20.7. The Morgan fingerprint density at radius 1 is 0.983 bits per heavy atom. The summed E-state index contributed by atoms with van der Waals surface area (Å²) < 4.78 is 62.7. The van der Waals surface area contributed by atoms with Gasteiger partial charge in [0, 0.05) is 18.7 Å². The lowest BCUT2D eigenvalue weighted by molar-refractivity contribution is -0.386. The third-order valence-electron chi connectivity index (χ3n) is 11.6. The van der Waals surface area contributed by atoms with Crippen LogP contribution in [0.2, 0.25) is 18.1 Å². The molecule has 4 atom stereocenters. The summed E-state index contributed by atoms with van der Waals surface area (Å²) in [6, 6.07) is 6.85. The zero-order chi connectivity index (χ0) is 45.4. The van der Waals surface area contributed by atoms with Crippen molar-refractivity contribution in [1.29, 1.82) is 0 Å². The summed E-state index contributed by atoms with van der Waals surface area (Å²) in [6.07, 6.45) is 0.204. The van der Waals surface area contributed by atoms with E-state index in [0.29, 0.717) is 33.3 Å². The van der Waals surface area contributed by atoms with E-state index in [9.17, 15) is 23.3 Å². The van der Waals surface area contributed by atoms with Crippen LogP contribution in [0.1, 0.15) is 161 Å². The lowest BCUT2D eigenvalue weighted by atomic mass is 9.83. The van der Waals surface area contributed by atoms with Gasteiger partial charge in [-0.2, -0.15) is 13.4 Å². The van der Waals surface area contributed by atoms with Crippen LogP contribution in [0.25, 0.3) is 0 Å². The van der Waals surface area contributed by atoms with E-state index < -0.39 is 52.7 Å². The van der Waals surface area contributed by atoms with E-state index in [1.165, 1.54) is 23.9 Å². The predicted molar refractivity (Wildman–Crippen MR) is 245 cm³/mol. The van der Waals surface area contributed by atoms with Crippen LogP contribution in [0.4, 0.5) is 5.69 Å². The molecule has 0 aliphatic carbocycles. The molecule has 0 unspecified atom stereocenters. The summed E-state index contributed by atoms with van der Waals surface area (Å²) in [6.45, 7) is 30.0. The maximum atomic E-state index is 14.7. The second kappa shape index (κ2) is 18.8. The minimum atomic E-state index is -4.60. The maximum Gasteiger partial charge on any atom is 0.353 e. The molecular weight excluding hydrogens is 918 g/mol. The van der Waals surface area contributed by atoms with Gasteiger partial charge in [-0.05, 0) is 93.1 Å². The van der Waals surface area contributed by atoms with Crippen LogP contribution in [0.5, 0.6) is 11.6 Å². The van der Waals surface area contributed by atoms with Crippen molar-refractivity contribution in [2.75, 3.05) is 7.11 Å². The monoisotopic (exact) mass is 983 g/mol. The number of halogens is 1. The Morgan fingerprint density at radius 2 is 1.57 bits per heavy atom. The zero-order valence-corrected chi connectivity index (χ0v) is 42.2. The Bertz CT molecular complexity index is 2180.